The summed E-state index contributed by atoms with van der Waals surface area (Å²) in [6.07, 6.45) is 1.30. The summed E-state index contributed by atoms with van der Waals surface area (Å²) < 4.78 is 0. The van der Waals surface area contributed by atoms with Gasteiger partial charge in [0.15, 0.2) is 0 Å². The lowest BCUT2D eigenvalue weighted by atomic mass is 10.1. The molecule has 0 fully saturated rings. The van der Waals surface area contributed by atoms with Crippen LogP contribution in [0, 0.1) is 0 Å². The van der Waals surface area contributed by atoms with Crippen LogP contribution in [0.15, 0.2) is 79.0 Å². The number of nitrogens with zero attached hydrogens (tertiary/aromatic N) is 2. The van der Waals surface area contributed by atoms with Crippen molar-refractivity contribution in [2.45, 2.75) is 26.1 Å². The molecule has 3 heteroatoms. The van der Waals surface area contributed by atoms with Crippen LogP contribution in [0.5, 0.6) is 0 Å². The molecule has 3 rings (SSSR count). The summed E-state index contributed by atoms with van der Waals surface area (Å²) in [7, 11) is 0. The zero-order chi connectivity index (χ0) is 16.8. The highest BCUT2D eigenvalue weighted by molar-refractivity contribution is 5.46. The van der Waals surface area contributed by atoms with Crippen molar-refractivity contribution in [3.63, 3.8) is 0 Å². The summed E-state index contributed by atoms with van der Waals surface area (Å²) in [5.41, 5.74) is 4.26. The molecule has 0 saturated heterocycles. The largest absolute Gasteiger partial charge is 0.387 e. The van der Waals surface area contributed by atoms with Crippen molar-refractivity contribution >= 4 is 5.69 Å². The molecule has 122 valence electrons. The lowest BCUT2D eigenvalue weighted by Crippen LogP contribution is -2.22. The van der Waals surface area contributed by atoms with Gasteiger partial charge >= 0.3 is 0 Å². The smallest absolute Gasteiger partial charge is 0.0931 e. The highest BCUT2D eigenvalue weighted by Gasteiger charge is 2.10. The fourth-order valence-corrected chi connectivity index (χ4v) is 2.68. The predicted octanol–water partition coefficient (Wildman–Crippen LogP) is 4.34. The minimum absolute atomic E-state index is 0.546. The number of aromatic nitrogens is 1. The van der Waals surface area contributed by atoms with Gasteiger partial charge in [0.05, 0.1) is 23.7 Å². The van der Waals surface area contributed by atoms with E-state index in [4.69, 9.17) is 0 Å². The molecule has 0 aliphatic heterocycles. The van der Waals surface area contributed by atoms with E-state index < -0.39 is 6.10 Å². The van der Waals surface area contributed by atoms with Gasteiger partial charge in [-0.2, -0.15) is 0 Å². The van der Waals surface area contributed by atoms with Crippen molar-refractivity contribution in [1.29, 1.82) is 0 Å². The molecule has 1 aromatic heterocycles. The molecule has 0 aliphatic carbocycles. The number of hydrogen-bond donors (Lipinski definition) is 1. The number of aliphatic hydroxyl groups excluding tert-OH is 1. The second-order valence-corrected chi connectivity index (χ2v) is 5.94. The minimum Gasteiger partial charge on any atom is -0.387 e. The van der Waals surface area contributed by atoms with Crippen molar-refractivity contribution in [3.8, 4) is 0 Å². The minimum atomic E-state index is -0.546. The highest BCUT2D eigenvalue weighted by atomic mass is 16.3. The van der Waals surface area contributed by atoms with Crippen LogP contribution in [-0.2, 0) is 13.1 Å². The van der Waals surface area contributed by atoms with E-state index in [-0.39, 0.29) is 0 Å². The van der Waals surface area contributed by atoms with Gasteiger partial charge in [0.1, 0.15) is 0 Å². The SMILES string of the molecule is C[C@H](O)c1ccc(N(Cc2ccccc2)Cc2ccccc2)cn1. The maximum absolute atomic E-state index is 9.65. The monoisotopic (exact) mass is 318 g/mol. The van der Waals surface area contributed by atoms with Crippen molar-refractivity contribution in [1.82, 2.24) is 4.98 Å². The third kappa shape index (κ3) is 4.21. The van der Waals surface area contributed by atoms with Gasteiger partial charge in [0.25, 0.3) is 0 Å². The van der Waals surface area contributed by atoms with Crippen LogP contribution in [0.2, 0.25) is 0 Å². The summed E-state index contributed by atoms with van der Waals surface area (Å²) >= 11 is 0. The van der Waals surface area contributed by atoms with Gasteiger partial charge in [-0.1, -0.05) is 60.7 Å². The average Bonchev–Trinajstić information content (AvgIpc) is 2.63. The molecule has 1 N–H and O–H groups in total. The Hall–Kier alpha value is -2.65. The normalized spacial score (nSPS) is 11.9. The molecule has 24 heavy (non-hydrogen) atoms. The standard InChI is InChI=1S/C21H22N2O/c1-17(24)21-13-12-20(14-22-21)23(15-18-8-4-2-5-9-18)16-19-10-6-3-7-11-19/h2-14,17,24H,15-16H2,1H3/t17-/m0/s1. The van der Waals surface area contributed by atoms with Crippen LogP contribution in [0.1, 0.15) is 29.8 Å². The molecule has 2 aromatic carbocycles. The van der Waals surface area contributed by atoms with Crippen LogP contribution in [0.3, 0.4) is 0 Å². The van der Waals surface area contributed by atoms with Crippen LogP contribution in [0.25, 0.3) is 0 Å². The summed E-state index contributed by atoms with van der Waals surface area (Å²) in [4.78, 5) is 6.69. The zero-order valence-electron chi connectivity index (χ0n) is 13.8. The third-order valence-corrected chi connectivity index (χ3v) is 4.00. The second kappa shape index (κ2) is 7.75. The Morgan fingerprint density at radius 1 is 0.833 bits per heavy atom. The van der Waals surface area contributed by atoms with Gasteiger partial charge in [0, 0.05) is 13.1 Å². The Labute approximate surface area is 143 Å². The van der Waals surface area contributed by atoms with Gasteiger partial charge in [-0.05, 0) is 30.2 Å². The van der Waals surface area contributed by atoms with E-state index in [2.05, 4.69) is 58.4 Å². The van der Waals surface area contributed by atoms with Crippen molar-refractivity contribution in [3.05, 3.63) is 95.8 Å². The maximum Gasteiger partial charge on any atom is 0.0931 e. The molecular weight excluding hydrogens is 296 g/mol. The molecular formula is C21H22N2O. The van der Waals surface area contributed by atoms with E-state index in [9.17, 15) is 5.11 Å². The number of benzene rings is 2. The van der Waals surface area contributed by atoms with Crippen LogP contribution in [0.4, 0.5) is 5.69 Å². The molecule has 0 bridgehead atoms. The van der Waals surface area contributed by atoms with E-state index in [1.165, 1.54) is 11.1 Å². The first-order valence-electron chi connectivity index (χ1n) is 8.19. The molecule has 0 saturated carbocycles. The fraction of sp³-hybridized carbons (Fsp3) is 0.190. The Bertz CT molecular complexity index is 698. The van der Waals surface area contributed by atoms with Gasteiger partial charge in [-0.3, -0.25) is 4.98 Å². The molecule has 0 radical (unpaired) electrons. The van der Waals surface area contributed by atoms with Gasteiger partial charge in [-0.15, -0.1) is 0 Å². The number of anilines is 1. The average molecular weight is 318 g/mol. The number of pyridine rings is 1. The zero-order valence-corrected chi connectivity index (χ0v) is 13.8. The van der Waals surface area contributed by atoms with Crippen molar-refractivity contribution in [2.24, 2.45) is 0 Å². The molecule has 1 atom stereocenters. The summed E-state index contributed by atoms with van der Waals surface area (Å²) in [5, 5.41) is 9.65. The maximum atomic E-state index is 9.65. The fourth-order valence-electron chi connectivity index (χ4n) is 2.68. The summed E-state index contributed by atoms with van der Waals surface area (Å²) in [5.74, 6) is 0. The van der Waals surface area contributed by atoms with E-state index in [1.54, 1.807) is 6.92 Å². The Kier molecular flexibility index (Phi) is 5.24. The van der Waals surface area contributed by atoms with Gasteiger partial charge in [-0.25, -0.2) is 0 Å². The lowest BCUT2D eigenvalue weighted by Gasteiger charge is -2.25. The quantitative estimate of drug-likeness (QED) is 0.734. The molecule has 0 amide bonds. The summed E-state index contributed by atoms with van der Waals surface area (Å²) in [6.45, 7) is 3.35. The highest BCUT2D eigenvalue weighted by Crippen LogP contribution is 2.21. The molecule has 0 aliphatic rings. The lowest BCUT2D eigenvalue weighted by molar-refractivity contribution is 0.194. The Morgan fingerprint density at radius 3 is 1.79 bits per heavy atom. The molecule has 3 nitrogen and oxygen atoms in total. The number of hydrogen-bond acceptors (Lipinski definition) is 3. The molecule has 3 aromatic rings. The Balaban J connectivity index is 1.86. The van der Waals surface area contributed by atoms with Gasteiger partial charge < -0.3 is 10.0 Å². The van der Waals surface area contributed by atoms with Crippen molar-refractivity contribution < 1.29 is 5.11 Å². The van der Waals surface area contributed by atoms with E-state index >= 15 is 0 Å². The topological polar surface area (TPSA) is 36.4 Å². The van der Waals surface area contributed by atoms with E-state index in [1.807, 2.05) is 30.5 Å². The molecule has 0 spiro atoms. The number of rotatable bonds is 6. The van der Waals surface area contributed by atoms with Crippen LogP contribution in [-0.4, -0.2) is 10.1 Å². The third-order valence-electron chi connectivity index (χ3n) is 4.00. The predicted molar refractivity (Wildman–Crippen MR) is 97.6 cm³/mol. The first-order valence-corrected chi connectivity index (χ1v) is 8.19. The first-order chi connectivity index (χ1) is 11.7. The first kappa shape index (κ1) is 16.2. The molecule has 0 unspecified atom stereocenters. The van der Waals surface area contributed by atoms with E-state index in [0.717, 1.165) is 18.8 Å². The second-order valence-electron chi connectivity index (χ2n) is 5.94. The number of aliphatic hydroxyl groups is 1. The van der Waals surface area contributed by atoms with E-state index in [0.29, 0.717) is 5.69 Å². The van der Waals surface area contributed by atoms with Gasteiger partial charge in [0.2, 0.25) is 0 Å². The van der Waals surface area contributed by atoms with Crippen molar-refractivity contribution in [2.75, 3.05) is 4.90 Å². The van der Waals surface area contributed by atoms with Crippen LogP contribution < -0.4 is 4.90 Å². The molecule has 1 heterocycles. The summed E-state index contributed by atoms with van der Waals surface area (Å²) in [6, 6.07) is 24.8. The Morgan fingerprint density at radius 2 is 1.38 bits per heavy atom. The van der Waals surface area contributed by atoms with Crippen LogP contribution >= 0.6 is 0 Å².